The Bertz CT molecular complexity index is 386. The molecule has 1 aliphatic rings. The summed E-state index contributed by atoms with van der Waals surface area (Å²) in [4.78, 5) is 0. The van der Waals surface area contributed by atoms with Crippen molar-refractivity contribution in [2.75, 3.05) is 0 Å². The number of hydrogen-bond donors (Lipinski definition) is 0. The molecule has 0 bridgehead atoms. The first kappa shape index (κ1) is 11.4. The number of benzene rings is 1. The van der Waals surface area contributed by atoms with Crippen LogP contribution in [-0.4, -0.2) is 30.7 Å². The van der Waals surface area contributed by atoms with E-state index in [1.165, 1.54) is 20.8 Å². The molecule has 1 aromatic rings. The second-order valence-corrected chi connectivity index (χ2v) is 6.47. The van der Waals surface area contributed by atoms with Crippen molar-refractivity contribution in [2.45, 2.75) is 45.6 Å². The van der Waals surface area contributed by atoms with E-state index in [4.69, 9.17) is 4.74 Å². The third kappa shape index (κ3) is 2.21. The molecule has 81 valence electrons. The molecule has 15 heavy (non-hydrogen) atoms. The van der Waals surface area contributed by atoms with Crippen molar-refractivity contribution < 1.29 is 4.74 Å². The molecule has 0 saturated carbocycles. The van der Waals surface area contributed by atoms with E-state index in [0.29, 0.717) is 0 Å². The number of aryl methyl sites for hydroxylation is 2. The first-order valence-corrected chi connectivity index (χ1v) is 7.12. The van der Waals surface area contributed by atoms with Crippen LogP contribution in [0, 0.1) is 6.92 Å². The van der Waals surface area contributed by atoms with E-state index in [1.807, 2.05) is 0 Å². The van der Waals surface area contributed by atoms with Crippen molar-refractivity contribution in [3.63, 3.8) is 0 Å². The Balaban J connectivity index is 2.42. The van der Waals surface area contributed by atoms with Crippen LogP contribution in [0.15, 0.2) is 12.1 Å². The molecular formula is C13H17OPo. The first-order chi connectivity index (χ1) is 7.04. The Morgan fingerprint density at radius 1 is 1.47 bits per heavy atom. The van der Waals surface area contributed by atoms with Crippen LogP contribution in [0.25, 0.3) is 0 Å². The van der Waals surface area contributed by atoms with Crippen LogP contribution in [-0.2, 0) is 6.42 Å². The minimum atomic E-state index is 0.0554. The molecular weight excluding hydrogens is 381 g/mol. The topological polar surface area (TPSA) is 9.23 Å². The van der Waals surface area contributed by atoms with Crippen LogP contribution in [0.2, 0.25) is 0 Å². The molecule has 0 unspecified atom stereocenters. The van der Waals surface area contributed by atoms with E-state index in [9.17, 15) is 0 Å². The van der Waals surface area contributed by atoms with E-state index in [1.54, 1.807) is 25.1 Å². The molecule has 0 amide bonds. The standard InChI is InChI=1S/C13H17O.Po/c1-4-13(3)9-8-11-7-5-6-10(2)12(11)14-13;/h6-7H,4,8-9H2,1-3H3;/t13-;/m1./s1. The Kier molecular flexibility index (Phi) is 3.09. The van der Waals surface area contributed by atoms with Crippen LogP contribution in [0.1, 0.15) is 37.8 Å². The summed E-state index contributed by atoms with van der Waals surface area (Å²) in [6, 6.07) is 4.54. The molecule has 0 aliphatic carbocycles. The molecule has 0 N–H and O–H groups in total. The molecule has 1 aliphatic heterocycles. The fourth-order valence-corrected chi connectivity index (χ4v) is 3.33. The van der Waals surface area contributed by atoms with Gasteiger partial charge in [0.2, 0.25) is 0 Å². The summed E-state index contributed by atoms with van der Waals surface area (Å²) in [6.45, 7) is 6.59. The molecule has 1 aromatic carbocycles. The summed E-state index contributed by atoms with van der Waals surface area (Å²) in [7, 11) is 0. The second kappa shape index (κ2) is 4.06. The van der Waals surface area contributed by atoms with Crippen molar-refractivity contribution in [2.24, 2.45) is 0 Å². The van der Waals surface area contributed by atoms with Crippen molar-refractivity contribution in [1.82, 2.24) is 0 Å². The van der Waals surface area contributed by atoms with Gasteiger partial charge in [-0.2, -0.15) is 0 Å². The maximum absolute atomic E-state index is 6.16. The molecule has 0 fully saturated rings. The van der Waals surface area contributed by atoms with Gasteiger partial charge in [-0.25, -0.2) is 0 Å². The Labute approximate surface area is 107 Å². The van der Waals surface area contributed by atoms with Gasteiger partial charge in [0.15, 0.2) is 0 Å². The van der Waals surface area contributed by atoms with Gasteiger partial charge in [-0.3, -0.25) is 0 Å². The van der Waals surface area contributed by atoms with Crippen LogP contribution in [0.3, 0.4) is 0 Å². The van der Waals surface area contributed by atoms with Gasteiger partial charge in [-0.15, -0.1) is 0 Å². The predicted octanol–water partition coefficient (Wildman–Crippen LogP) is 2.28. The monoisotopic (exact) mass is 398 g/mol. The zero-order chi connectivity index (χ0) is 11.1. The van der Waals surface area contributed by atoms with E-state index >= 15 is 0 Å². The zero-order valence-electron chi connectivity index (χ0n) is 9.59. The molecule has 2 rings (SSSR count). The van der Waals surface area contributed by atoms with E-state index < -0.39 is 0 Å². The van der Waals surface area contributed by atoms with Gasteiger partial charge in [0, 0.05) is 0 Å². The fourth-order valence-electron chi connectivity index (χ4n) is 2.09. The number of ether oxygens (including phenoxy) is 1. The molecule has 0 saturated heterocycles. The van der Waals surface area contributed by atoms with Gasteiger partial charge in [0.1, 0.15) is 0 Å². The van der Waals surface area contributed by atoms with E-state index in [0.717, 1.165) is 18.6 Å². The number of hydrogen-bond acceptors (Lipinski definition) is 1. The van der Waals surface area contributed by atoms with Gasteiger partial charge in [0.05, 0.1) is 0 Å². The van der Waals surface area contributed by atoms with Crippen LogP contribution < -0.4 is 7.96 Å². The SMILES string of the molecule is CC[C@]1(C)CCc2c[c]([Po])cc(C)c2O1. The number of rotatable bonds is 1. The van der Waals surface area contributed by atoms with Crippen molar-refractivity contribution >= 4 is 28.3 Å². The normalized spacial score (nSPS) is 24.5. The van der Waals surface area contributed by atoms with Crippen molar-refractivity contribution in [3.8, 4) is 5.75 Å². The Morgan fingerprint density at radius 2 is 2.20 bits per heavy atom. The fraction of sp³-hybridized carbons (Fsp3) is 0.538. The summed E-state index contributed by atoms with van der Waals surface area (Å²) in [5.41, 5.74) is 2.77. The van der Waals surface area contributed by atoms with Crippen LogP contribution >= 0.6 is 0 Å². The third-order valence-electron chi connectivity index (χ3n) is 3.34. The van der Waals surface area contributed by atoms with E-state index in [-0.39, 0.29) is 5.60 Å². The summed E-state index contributed by atoms with van der Waals surface area (Å²) in [5.74, 6) is 1.15. The summed E-state index contributed by atoms with van der Waals surface area (Å²) >= 11 is 1.54. The molecule has 1 nitrogen and oxygen atoms in total. The van der Waals surface area contributed by atoms with Gasteiger partial charge < -0.3 is 0 Å². The average molecular weight is 398 g/mol. The van der Waals surface area contributed by atoms with Gasteiger partial charge in [0.25, 0.3) is 0 Å². The number of fused-ring (bicyclic) bond motifs is 1. The molecule has 1 heterocycles. The first-order valence-electron chi connectivity index (χ1n) is 5.53. The van der Waals surface area contributed by atoms with Crippen LogP contribution in [0.4, 0.5) is 0 Å². The van der Waals surface area contributed by atoms with Gasteiger partial charge >= 0.3 is 108 Å². The summed E-state index contributed by atoms with van der Waals surface area (Å²) in [6.07, 6.45) is 3.40. The predicted molar refractivity (Wildman–Crippen MR) is 64.2 cm³/mol. The minimum absolute atomic E-state index is 0.0554. The van der Waals surface area contributed by atoms with Crippen molar-refractivity contribution in [1.29, 1.82) is 0 Å². The summed E-state index contributed by atoms with van der Waals surface area (Å²) < 4.78 is 7.59. The molecule has 2 heteroatoms. The molecule has 1 atom stereocenters. The molecule has 0 spiro atoms. The second-order valence-electron chi connectivity index (χ2n) is 4.63. The Morgan fingerprint density at radius 3 is 2.87 bits per heavy atom. The zero-order valence-corrected chi connectivity index (χ0v) is 12.8. The van der Waals surface area contributed by atoms with Gasteiger partial charge in [-0.1, -0.05) is 0 Å². The maximum atomic E-state index is 6.16. The quantitative estimate of drug-likeness (QED) is 0.706. The average Bonchev–Trinajstić information content (AvgIpc) is 2.20. The summed E-state index contributed by atoms with van der Waals surface area (Å²) in [5, 5.41) is 0. The molecule has 1 radical (unpaired) electrons. The third-order valence-corrected chi connectivity index (χ3v) is 4.26. The molecule has 0 aromatic heterocycles. The van der Waals surface area contributed by atoms with Crippen LogP contribution in [0.5, 0.6) is 5.75 Å². The van der Waals surface area contributed by atoms with Crippen molar-refractivity contribution in [3.05, 3.63) is 23.3 Å². The van der Waals surface area contributed by atoms with E-state index in [2.05, 4.69) is 32.9 Å². The Hall–Kier alpha value is -0.0839. The van der Waals surface area contributed by atoms with Gasteiger partial charge in [-0.05, 0) is 0 Å².